The van der Waals surface area contributed by atoms with E-state index in [0.717, 1.165) is 16.9 Å². The maximum absolute atomic E-state index is 11.6. The average molecular weight is 275 g/mol. The fourth-order valence-corrected chi connectivity index (χ4v) is 1.78. The Balaban J connectivity index is 2.71. The van der Waals surface area contributed by atoms with E-state index in [1.54, 1.807) is 6.92 Å². The summed E-state index contributed by atoms with van der Waals surface area (Å²) in [5.41, 5.74) is 2.70. The minimum Gasteiger partial charge on any atom is -0.494 e. The summed E-state index contributed by atoms with van der Waals surface area (Å²) in [5, 5.41) is 2.25. The van der Waals surface area contributed by atoms with Crippen molar-refractivity contribution in [3.63, 3.8) is 0 Å². The van der Waals surface area contributed by atoms with Crippen molar-refractivity contribution < 1.29 is 14.3 Å². The van der Waals surface area contributed by atoms with Crippen LogP contribution in [-0.2, 0) is 16.0 Å². The van der Waals surface area contributed by atoms with Gasteiger partial charge >= 0.3 is 0 Å². The Labute approximate surface area is 119 Å². The Morgan fingerprint density at radius 2 is 2.00 bits per heavy atom. The molecule has 0 aromatic heterocycles. The highest BCUT2D eigenvalue weighted by Gasteiger charge is 2.06. The highest BCUT2D eigenvalue weighted by Crippen LogP contribution is 2.19. The van der Waals surface area contributed by atoms with Crippen LogP contribution in [0.5, 0.6) is 5.75 Å². The summed E-state index contributed by atoms with van der Waals surface area (Å²) in [6.07, 6.45) is 2.46. The predicted octanol–water partition coefficient (Wildman–Crippen LogP) is 2.55. The molecule has 0 bridgehead atoms. The number of nitrogens with one attached hydrogen (secondary N) is 1. The Morgan fingerprint density at radius 3 is 2.55 bits per heavy atom. The van der Waals surface area contributed by atoms with Gasteiger partial charge < -0.3 is 4.74 Å². The first-order valence-corrected chi connectivity index (χ1v) is 6.65. The molecule has 2 amide bonds. The van der Waals surface area contributed by atoms with Gasteiger partial charge in [-0.2, -0.15) is 0 Å². The van der Waals surface area contributed by atoms with Crippen LogP contribution in [0.1, 0.15) is 31.9 Å². The second-order valence-electron chi connectivity index (χ2n) is 4.63. The van der Waals surface area contributed by atoms with Crippen molar-refractivity contribution in [3.05, 3.63) is 41.0 Å². The van der Waals surface area contributed by atoms with Gasteiger partial charge in [-0.05, 0) is 44.4 Å². The summed E-state index contributed by atoms with van der Waals surface area (Å²) < 4.78 is 5.48. The van der Waals surface area contributed by atoms with Gasteiger partial charge in [-0.15, -0.1) is 0 Å². The Morgan fingerprint density at radius 1 is 1.30 bits per heavy atom. The lowest BCUT2D eigenvalue weighted by Gasteiger charge is -2.08. The molecule has 0 aliphatic heterocycles. The number of rotatable bonds is 5. The van der Waals surface area contributed by atoms with Crippen LogP contribution in [-0.4, -0.2) is 18.4 Å². The van der Waals surface area contributed by atoms with E-state index in [0.29, 0.717) is 18.6 Å². The molecule has 1 aromatic rings. The zero-order valence-corrected chi connectivity index (χ0v) is 12.4. The van der Waals surface area contributed by atoms with E-state index < -0.39 is 0 Å². The maximum atomic E-state index is 11.6. The van der Waals surface area contributed by atoms with E-state index >= 15 is 0 Å². The van der Waals surface area contributed by atoms with E-state index in [1.165, 1.54) is 6.92 Å². The zero-order chi connectivity index (χ0) is 15.1. The molecule has 0 unspecified atom stereocenters. The fourth-order valence-electron chi connectivity index (χ4n) is 1.78. The van der Waals surface area contributed by atoms with E-state index in [9.17, 15) is 9.59 Å². The molecular formula is C16H21NO3. The number of carbonyl (C=O) groups is 2. The van der Waals surface area contributed by atoms with Crippen LogP contribution in [0.25, 0.3) is 0 Å². The number of hydrogen-bond donors (Lipinski definition) is 1. The van der Waals surface area contributed by atoms with Gasteiger partial charge in [0.05, 0.1) is 6.61 Å². The van der Waals surface area contributed by atoms with E-state index in [2.05, 4.69) is 5.32 Å². The summed E-state index contributed by atoms with van der Waals surface area (Å²) in [5.74, 6) is 0.186. The van der Waals surface area contributed by atoms with Crippen molar-refractivity contribution in [1.82, 2.24) is 5.32 Å². The van der Waals surface area contributed by atoms with E-state index in [-0.39, 0.29) is 11.8 Å². The molecule has 108 valence electrons. The predicted molar refractivity (Wildman–Crippen MR) is 78.6 cm³/mol. The van der Waals surface area contributed by atoms with E-state index in [4.69, 9.17) is 4.74 Å². The second-order valence-corrected chi connectivity index (χ2v) is 4.63. The zero-order valence-electron chi connectivity index (χ0n) is 12.4. The average Bonchev–Trinajstić information content (AvgIpc) is 2.38. The van der Waals surface area contributed by atoms with Crippen molar-refractivity contribution >= 4 is 11.8 Å². The van der Waals surface area contributed by atoms with Crippen molar-refractivity contribution in [3.8, 4) is 5.75 Å². The van der Waals surface area contributed by atoms with Gasteiger partial charge in [0.2, 0.25) is 5.91 Å². The van der Waals surface area contributed by atoms with Gasteiger partial charge in [0, 0.05) is 12.5 Å². The first-order valence-electron chi connectivity index (χ1n) is 6.65. The molecule has 1 rings (SSSR count). The van der Waals surface area contributed by atoms with Crippen LogP contribution >= 0.6 is 0 Å². The minimum atomic E-state index is -0.348. The molecule has 4 heteroatoms. The number of imide groups is 1. The van der Waals surface area contributed by atoms with Gasteiger partial charge in [0.1, 0.15) is 5.75 Å². The quantitative estimate of drug-likeness (QED) is 0.840. The lowest BCUT2D eigenvalue weighted by atomic mass is 10.1. The highest BCUT2D eigenvalue weighted by molar-refractivity contribution is 6.03. The summed E-state index contributed by atoms with van der Waals surface area (Å²) in [7, 11) is 0. The van der Waals surface area contributed by atoms with Crippen molar-refractivity contribution in [2.75, 3.05) is 6.61 Å². The topological polar surface area (TPSA) is 55.4 Å². The molecule has 0 fully saturated rings. The molecule has 1 aromatic carbocycles. The largest absolute Gasteiger partial charge is 0.494 e. The third-order valence-corrected chi connectivity index (χ3v) is 2.83. The lowest BCUT2D eigenvalue weighted by molar-refractivity contribution is -0.127. The van der Waals surface area contributed by atoms with Gasteiger partial charge in [-0.3, -0.25) is 14.9 Å². The summed E-state index contributed by atoms with van der Waals surface area (Å²) in [4.78, 5) is 22.4. The van der Waals surface area contributed by atoms with Crippen molar-refractivity contribution in [1.29, 1.82) is 0 Å². The number of allylic oxidation sites excluding steroid dienone is 1. The smallest absolute Gasteiger partial charge is 0.253 e. The third-order valence-electron chi connectivity index (χ3n) is 2.83. The van der Waals surface area contributed by atoms with E-state index in [1.807, 2.05) is 38.1 Å². The molecule has 0 aliphatic rings. The fraction of sp³-hybridized carbons (Fsp3) is 0.375. The number of aryl methyl sites for hydroxylation is 1. The highest BCUT2D eigenvalue weighted by atomic mass is 16.5. The van der Waals surface area contributed by atoms with Crippen molar-refractivity contribution in [2.24, 2.45) is 0 Å². The molecule has 0 radical (unpaired) electrons. The van der Waals surface area contributed by atoms with Gasteiger partial charge in [0.15, 0.2) is 0 Å². The molecule has 1 N–H and O–H groups in total. The van der Waals surface area contributed by atoms with Crippen molar-refractivity contribution in [2.45, 2.75) is 34.1 Å². The second kappa shape index (κ2) is 7.48. The SMILES string of the molecule is CCOc1ccc(C/C=C(\C)C(=O)NC(C)=O)cc1C. The third kappa shape index (κ3) is 4.88. The molecule has 0 heterocycles. The Kier molecular flexibility index (Phi) is 5.97. The minimum absolute atomic E-state index is 0.347. The molecule has 0 atom stereocenters. The molecule has 0 saturated carbocycles. The first kappa shape index (κ1) is 16.0. The lowest BCUT2D eigenvalue weighted by Crippen LogP contribution is -2.28. The monoisotopic (exact) mass is 275 g/mol. The molecule has 4 nitrogen and oxygen atoms in total. The van der Waals surface area contributed by atoms with Gasteiger partial charge in [0.25, 0.3) is 5.91 Å². The molecule has 0 spiro atoms. The number of ether oxygens (including phenoxy) is 1. The van der Waals surface area contributed by atoms with Crippen LogP contribution < -0.4 is 10.1 Å². The molecular weight excluding hydrogens is 254 g/mol. The Hall–Kier alpha value is -2.10. The number of hydrogen-bond acceptors (Lipinski definition) is 3. The Bertz CT molecular complexity index is 533. The summed E-state index contributed by atoms with van der Waals surface area (Å²) >= 11 is 0. The van der Waals surface area contributed by atoms with Crippen LogP contribution in [0, 0.1) is 6.92 Å². The number of amides is 2. The molecule has 0 saturated heterocycles. The standard InChI is InChI=1S/C16H21NO3/c1-5-20-15-9-8-14(10-12(15)3)7-6-11(2)16(19)17-13(4)18/h6,8-10H,5,7H2,1-4H3,(H,17,18,19)/b11-6+. The molecule has 20 heavy (non-hydrogen) atoms. The summed E-state index contributed by atoms with van der Waals surface area (Å²) in [6, 6.07) is 5.95. The summed E-state index contributed by atoms with van der Waals surface area (Å²) in [6.45, 7) is 7.60. The normalized spacial score (nSPS) is 11.1. The molecule has 0 aliphatic carbocycles. The van der Waals surface area contributed by atoms with Gasteiger partial charge in [-0.25, -0.2) is 0 Å². The van der Waals surface area contributed by atoms with Crippen LogP contribution in [0.3, 0.4) is 0 Å². The van der Waals surface area contributed by atoms with Crippen LogP contribution in [0.2, 0.25) is 0 Å². The van der Waals surface area contributed by atoms with Crippen LogP contribution in [0.15, 0.2) is 29.8 Å². The van der Waals surface area contributed by atoms with Gasteiger partial charge in [-0.1, -0.05) is 18.2 Å². The maximum Gasteiger partial charge on any atom is 0.253 e. The number of carbonyl (C=O) groups excluding carboxylic acids is 2. The number of benzene rings is 1. The first-order chi connectivity index (χ1) is 9.43. The van der Waals surface area contributed by atoms with Crippen LogP contribution in [0.4, 0.5) is 0 Å².